The Morgan fingerprint density at radius 1 is 1.27 bits per heavy atom. The average molecular weight is 361 g/mol. The van der Waals surface area contributed by atoms with Gasteiger partial charge in [0.15, 0.2) is 0 Å². The molecule has 8 nitrogen and oxygen atoms in total. The summed E-state index contributed by atoms with van der Waals surface area (Å²) >= 11 is 0. The van der Waals surface area contributed by atoms with Crippen molar-refractivity contribution in [2.24, 2.45) is 0 Å². The molecule has 1 aromatic rings. The second kappa shape index (κ2) is 8.48. The van der Waals surface area contributed by atoms with Gasteiger partial charge in [-0.2, -0.15) is 0 Å². The van der Waals surface area contributed by atoms with Gasteiger partial charge in [-0.1, -0.05) is 12.1 Å². The van der Waals surface area contributed by atoms with Gasteiger partial charge in [0.2, 0.25) is 5.91 Å². The second-order valence-corrected chi connectivity index (χ2v) is 6.08. The van der Waals surface area contributed by atoms with Gasteiger partial charge in [0, 0.05) is 26.3 Å². The van der Waals surface area contributed by atoms with Crippen LogP contribution in [0.4, 0.5) is 5.69 Å². The maximum Gasteiger partial charge on any atom is 0.337 e. The van der Waals surface area contributed by atoms with E-state index in [0.717, 1.165) is 5.56 Å². The molecule has 2 N–H and O–H groups in total. The fraction of sp³-hybridized carbons (Fsp3) is 0.389. The van der Waals surface area contributed by atoms with Crippen LogP contribution in [0.25, 0.3) is 0 Å². The number of benzene rings is 1. The van der Waals surface area contributed by atoms with Gasteiger partial charge in [-0.05, 0) is 17.7 Å². The second-order valence-electron chi connectivity index (χ2n) is 6.08. The summed E-state index contributed by atoms with van der Waals surface area (Å²) in [5.74, 6) is -0.965. The van der Waals surface area contributed by atoms with Gasteiger partial charge in [0.25, 0.3) is 5.91 Å². The van der Waals surface area contributed by atoms with Gasteiger partial charge in [0.05, 0.1) is 32.3 Å². The fourth-order valence-electron chi connectivity index (χ4n) is 2.53. The third-order valence-electron chi connectivity index (χ3n) is 4.03. The lowest BCUT2D eigenvalue weighted by molar-refractivity contribution is -0.136. The number of β-amino-alcohol motifs (C(OH)–C–C–N with tert-alkyl or cyclic N) is 1. The molecule has 2 amide bonds. The quantitative estimate of drug-likeness (QED) is 0.663. The number of rotatable bonds is 7. The number of hydrogen-bond acceptors (Lipinski definition) is 6. The maximum absolute atomic E-state index is 12.5. The van der Waals surface area contributed by atoms with Crippen molar-refractivity contribution in [1.82, 2.24) is 9.80 Å². The third-order valence-corrected chi connectivity index (χ3v) is 4.03. The molecule has 26 heavy (non-hydrogen) atoms. The number of aliphatic hydroxyl groups excluding tert-OH is 1. The average Bonchev–Trinajstić information content (AvgIpc) is 2.92. The molecule has 1 aliphatic heterocycles. The van der Waals surface area contributed by atoms with Crippen LogP contribution in [0.1, 0.15) is 5.56 Å². The Hall–Kier alpha value is -2.87. The van der Waals surface area contributed by atoms with Crippen LogP contribution in [0.2, 0.25) is 0 Å². The number of nitrogens with one attached hydrogen (secondary N) is 1. The van der Waals surface area contributed by atoms with E-state index < -0.39 is 5.97 Å². The first-order chi connectivity index (χ1) is 12.4. The van der Waals surface area contributed by atoms with E-state index in [9.17, 15) is 14.4 Å². The van der Waals surface area contributed by atoms with E-state index in [-0.39, 0.29) is 49.2 Å². The normalized spacial score (nSPS) is 13.8. The summed E-state index contributed by atoms with van der Waals surface area (Å²) in [6.07, 6.45) is 0.284. The molecule has 0 radical (unpaired) electrons. The van der Waals surface area contributed by atoms with Crippen molar-refractivity contribution in [1.29, 1.82) is 0 Å². The van der Waals surface area contributed by atoms with Gasteiger partial charge >= 0.3 is 5.97 Å². The third kappa shape index (κ3) is 4.40. The number of anilines is 1. The standard InChI is InChI=1S/C18H23N3O5/c1-20(2)15(23)10-12-4-6-13(7-5-12)19-16-14(18(25)26-3)11-21(8-9-22)17(16)24/h4-7,19,22H,8-11H2,1-3H3. The molecule has 2 rings (SSSR count). The molecule has 1 aromatic carbocycles. The number of hydrogen-bond donors (Lipinski definition) is 2. The van der Waals surface area contributed by atoms with Crippen LogP contribution < -0.4 is 5.32 Å². The lowest BCUT2D eigenvalue weighted by atomic mass is 10.1. The number of carbonyl (C=O) groups excluding carboxylic acids is 3. The SMILES string of the molecule is COC(=O)C1=C(Nc2ccc(CC(=O)N(C)C)cc2)C(=O)N(CCO)C1. The van der Waals surface area contributed by atoms with Gasteiger partial charge in [-0.3, -0.25) is 9.59 Å². The number of aliphatic hydroxyl groups is 1. The molecule has 0 spiro atoms. The molecule has 140 valence electrons. The molecule has 1 heterocycles. The zero-order valence-electron chi connectivity index (χ0n) is 15.1. The monoisotopic (exact) mass is 361 g/mol. The van der Waals surface area contributed by atoms with E-state index in [4.69, 9.17) is 9.84 Å². The van der Waals surface area contributed by atoms with Crippen molar-refractivity contribution in [2.75, 3.05) is 46.2 Å². The first-order valence-corrected chi connectivity index (χ1v) is 8.15. The molecule has 0 fully saturated rings. The summed E-state index contributed by atoms with van der Waals surface area (Å²) in [7, 11) is 4.65. The summed E-state index contributed by atoms with van der Waals surface area (Å²) in [6.45, 7) is 0.0297. The van der Waals surface area contributed by atoms with Crippen molar-refractivity contribution in [3.8, 4) is 0 Å². The van der Waals surface area contributed by atoms with Crippen molar-refractivity contribution in [3.63, 3.8) is 0 Å². The van der Waals surface area contributed by atoms with Crippen LogP contribution in [-0.4, -0.2) is 73.6 Å². The Balaban J connectivity index is 2.17. The Morgan fingerprint density at radius 3 is 2.46 bits per heavy atom. The summed E-state index contributed by atoms with van der Waals surface area (Å²) in [4.78, 5) is 39.0. The highest BCUT2D eigenvalue weighted by Crippen LogP contribution is 2.23. The van der Waals surface area contributed by atoms with E-state index >= 15 is 0 Å². The van der Waals surface area contributed by atoms with Crippen LogP contribution >= 0.6 is 0 Å². The largest absolute Gasteiger partial charge is 0.466 e. The minimum atomic E-state index is -0.588. The van der Waals surface area contributed by atoms with E-state index in [1.165, 1.54) is 16.9 Å². The number of nitrogens with zero attached hydrogens (tertiary/aromatic N) is 2. The lowest BCUT2D eigenvalue weighted by Crippen LogP contribution is -2.31. The molecule has 0 bridgehead atoms. The van der Waals surface area contributed by atoms with Crippen LogP contribution in [0.15, 0.2) is 35.5 Å². The summed E-state index contributed by atoms with van der Waals surface area (Å²) in [6, 6.07) is 7.05. The number of carbonyl (C=O) groups is 3. The molecule has 0 aliphatic carbocycles. The van der Waals surface area contributed by atoms with Gasteiger partial charge in [-0.15, -0.1) is 0 Å². The number of esters is 1. The van der Waals surface area contributed by atoms with Crippen molar-refractivity contribution in [3.05, 3.63) is 41.1 Å². The number of methoxy groups -OCH3 is 1. The molecule has 0 atom stereocenters. The Kier molecular flexibility index (Phi) is 6.35. The highest BCUT2D eigenvalue weighted by molar-refractivity contribution is 6.08. The first kappa shape index (κ1) is 19.5. The molecule has 0 saturated carbocycles. The molecular formula is C18H23N3O5. The zero-order valence-corrected chi connectivity index (χ0v) is 15.1. The zero-order chi connectivity index (χ0) is 19.3. The van der Waals surface area contributed by atoms with E-state index in [0.29, 0.717) is 5.69 Å². The molecular weight excluding hydrogens is 338 g/mol. The van der Waals surface area contributed by atoms with Crippen LogP contribution in [0, 0.1) is 0 Å². The highest BCUT2D eigenvalue weighted by Gasteiger charge is 2.34. The highest BCUT2D eigenvalue weighted by atomic mass is 16.5. The first-order valence-electron chi connectivity index (χ1n) is 8.15. The summed E-state index contributed by atoms with van der Waals surface area (Å²) in [5, 5.41) is 12.0. The van der Waals surface area contributed by atoms with Crippen LogP contribution in [0.5, 0.6) is 0 Å². The fourth-order valence-corrected chi connectivity index (χ4v) is 2.53. The minimum Gasteiger partial charge on any atom is -0.466 e. The number of likely N-dealkylation sites (N-methyl/N-ethyl adjacent to an activating group) is 1. The maximum atomic E-state index is 12.5. The smallest absolute Gasteiger partial charge is 0.337 e. The Labute approximate surface area is 152 Å². The predicted octanol–water partition coefficient (Wildman–Crippen LogP) is -0.00920. The minimum absolute atomic E-state index is 0.00740. The topological polar surface area (TPSA) is 99.2 Å². The van der Waals surface area contributed by atoms with E-state index in [1.54, 1.807) is 38.4 Å². The molecule has 1 aliphatic rings. The molecule has 0 unspecified atom stereocenters. The summed E-state index contributed by atoms with van der Waals surface area (Å²) in [5.41, 5.74) is 1.82. The molecule has 0 aromatic heterocycles. The van der Waals surface area contributed by atoms with Crippen LogP contribution in [-0.2, 0) is 25.5 Å². The van der Waals surface area contributed by atoms with Crippen molar-refractivity contribution >= 4 is 23.5 Å². The predicted molar refractivity (Wildman–Crippen MR) is 95.2 cm³/mol. The van der Waals surface area contributed by atoms with Crippen molar-refractivity contribution < 1.29 is 24.2 Å². The Bertz CT molecular complexity index is 725. The number of ether oxygens (including phenoxy) is 1. The summed E-state index contributed by atoms with van der Waals surface area (Å²) < 4.78 is 4.74. The van der Waals surface area contributed by atoms with E-state index in [1.807, 2.05) is 0 Å². The van der Waals surface area contributed by atoms with Crippen molar-refractivity contribution in [2.45, 2.75) is 6.42 Å². The Morgan fingerprint density at radius 2 is 1.92 bits per heavy atom. The molecule has 8 heteroatoms. The van der Waals surface area contributed by atoms with E-state index in [2.05, 4.69) is 5.32 Å². The molecule has 0 saturated heterocycles. The van der Waals surface area contributed by atoms with Gasteiger partial charge in [0.1, 0.15) is 5.70 Å². The van der Waals surface area contributed by atoms with Crippen LogP contribution in [0.3, 0.4) is 0 Å². The van der Waals surface area contributed by atoms with Gasteiger partial charge < -0.3 is 25.0 Å². The lowest BCUT2D eigenvalue weighted by Gasteiger charge is -2.15. The number of amides is 2. The van der Waals surface area contributed by atoms with Gasteiger partial charge in [-0.25, -0.2) is 4.79 Å².